The predicted octanol–water partition coefficient (Wildman–Crippen LogP) is 2.22. The first kappa shape index (κ1) is 8.17. The van der Waals surface area contributed by atoms with E-state index in [0.717, 1.165) is 16.7 Å². The highest BCUT2D eigenvalue weighted by atomic mass is 15.4. The summed E-state index contributed by atoms with van der Waals surface area (Å²) in [5.74, 6) is 0. The third-order valence-corrected chi connectivity index (χ3v) is 2.28. The predicted molar refractivity (Wildman–Crippen MR) is 57.7 cm³/mol. The first-order chi connectivity index (χ1) is 7.45. The van der Waals surface area contributed by atoms with Crippen molar-refractivity contribution < 1.29 is 0 Å². The molecule has 0 amide bonds. The minimum Gasteiger partial charge on any atom is -0.213 e. The van der Waals surface area contributed by atoms with Crippen molar-refractivity contribution in [1.29, 1.82) is 0 Å². The molecule has 0 saturated heterocycles. The van der Waals surface area contributed by atoms with E-state index in [9.17, 15) is 0 Å². The number of benzene rings is 2. The van der Waals surface area contributed by atoms with Crippen molar-refractivity contribution in [2.75, 3.05) is 0 Å². The molecule has 0 fully saturated rings. The first-order valence-electron chi connectivity index (χ1n) is 4.73. The zero-order valence-corrected chi connectivity index (χ0v) is 7.96. The van der Waals surface area contributed by atoms with Gasteiger partial charge >= 0.3 is 0 Å². The third kappa shape index (κ3) is 1.29. The van der Waals surface area contributed by atoms with Gasteiger partial charge in [0.1, 0.15) is 5.52 Å². The van der Waals surface area contributed by atoms with Crippen LogP contribution in [0.25, 0.3) is 16.7 Å². The quantitative estimate of drug-likeness (QED) is 0.594. The number of aromatic nitrogens is 3. The van der Waals surface area contributed by atoms with Gasteiger partial charge in [-0.15, -0.1) is 5.10 Å². The molecular weight excluding hydrogens is 186 g/mol. The van der Waals surface area contributed by atoms with Gasteiger partial charge in [-0.25, -0.2) is 4.68 Å². The van der Waals surface area contributed by atoms with Crippen LogP contribution in [0.5, 0.6) is 0 Å². The second-order valence-corrected chi connectivity index (χ2v) is 3.24. The Balaban J connectivity index is 2.28. The van der Waals surface area contributed by atoms with Crippen molar-refractivity contribution in [2.45, 2.75) is 0 Å². The minimum absolute atomic E-state index is 0.793. The fourth-order valence-electron chi connectivity index (χ4n) is 1.57. The molecule has 1 heterocycles. The normalized spacial score (nSPS) is 10.7. The molecule has 0 bridgehead atoms. The van der Waals surface area contributed by atoms with Crippen molar-refractivity contribution >= 4 is 11.0 Å². The summed E-state index contributed by atoms with van der Waals surface area (Å²) in [6.07, 6.45) is 0. The minimum atomic E-state index is 0.793. The molecule has 1 radical (unpaired) electrons. The lowest BCUT2D eigenvalue weighted by Crippen LogP contribution is -1.95. The van der Waals surface area contributed by atoms with E-state index in [1.165, 1.54) is 0 Å². The van der Waals surface area contributed by atoms with Gasteiger partial charge in [-0.2, -0.15) is 0 Å². The van der Waals surface area contributed by atoms with Crippen LogP contribution in [0.2, 0.25) is 0 Å². The smallest absolute Gasteiger partial charge is 0.121 e. The van der Waals surface area contributed by atoms with Crippen molar-refractivity contribution in [3.63, 3.8) is 0 Å². The highest BCUT2D eigenvalue weighted by Crippen LogP contribution is 2.14. The number of fused-ring (bicyclic) bond motifs is 1. The Morgan fingerprint density at radius 1 is 1.00 bits per heavy atom. The van der Waals surface area contributed by atoms with Crippen molar-refractivity contribution in [1.82, 2.24) is 15.0 Å². The Morgan fingerprint density at radius 3 is 2.73 bits per heavy atom. The molecule has 15 heavy (non-hydrogen) atoms. The van der Waals surface area contributed by atoms with E-state index in [0.29, 0.717) is 0 Å². The third-order valence-electron chi connectivity index (χ3n) is 2.28. The number of hydrogen-bond acceptors (Lipinski definition) is 2. The van der Waals surface area contributed by atoms with E-state index in [1.54, 1.807) is 0 Å². The van der Waals surface area contributed by atoms with Crippen molar-refractivity contribution in [2.24, 2.45) is 0 Å². The molecule has 3 rings (SSSR count). The standard InChI is InChI=1S/C12H8N3/c1-2-6-10(7-3-1)15-12-9-5-4-8-11(12)13-14-15/h1-7,9H. The molecule has 0 unspecified atom stereocenters. The molecule has 0 atom stereocenters. The van der Waals surface area contributed by atoms with E-state index in [1.807, 2.05) is 53.2 Å². The summed E-state index contributed by atoms with van der Waals surface area (Å²) >= 11 is 0. The van der Waals surface area contributed by atoms with Gasteiger partial charge in [0, 0.05) is 6.07 Å². The molecule has 3 aromatic rings. The van der Waals surface area contributed by atoms with Gasteiger partial charge in [0.25, 0.3) is 0 Å². The topological polar surface area (TPSA) is 30.7 Å². The Bertz CT molecular complexity index is 584. The summed E-state index contributed by atoms with van der Waals surface area (Å²) < 4.78 is 1.81. The van der Waals surface area contributed by atoms with Crippen LogP contribution in [0.3, 0.4) is 0 Å². The monoisotopic (exact) mass is 194 g/mol. The summed E-state index contributed by atoms with van der Waals surface area (Å²) in [7, 11) is 0. The molecule has 0 N–H and O–H groups in total. The van der Waals surface area contributed by atoms with Gasteiger partial charge in [-0.3, -0.25) is 0 Å². The highest BCUT2D eigenvalue weighted by Gasteiger charge is 2.04. The summed E-state index contributed by atoms with van der Waals surface area (Å²) in [5, 5.41) is 8.15. The second-order valence-electron chi connectivity index (χ2n) is 3.24. The van der Waals surface area contributed by atoms with E-state index >= 15 is 0 Å². The molecule has 0 aliphatic rings. The molecule has 0 saturated carbocycles. The lowest BCUT2D eigenvalue weighted by molar-refractivity contribution is 0.824. The van der Waals surface area contributed by atoms with Crippen LogP contribution < -0.4 is 0 Å². The Labute approximate surface area is 87.0 Å². The van der Waals surface area contributed by atoms with Gasteiger partial charge in [0.2, 0.25) is 0 Å². The van der Waals surface area contributed by atoms with Crippen LogP contribution in [-0.4, -0.2) is 15.0 Å². The molecule has 2 aromatic carbocycles. The van der Waals surface area contributed by atoms with Crippen LogP contribution in [0, 0.1) is 6.07 Å². The van der Waals surface area contributed by atoms with Crippen LogP contribution in [0.4, 0.5) is 0 Å². The fourth-order valence-corrected chi connectivity index (χ4v) is 1.57. The Kier molecular flexibility index (Phi) is 1.75. The van der Waals surface area contributed by atoms with E-state index < -0.39 is 0 Å². The summed E-state index contributed by atoms with van der Waals surface area (Å²) in [4.78, 5) is 0. The van der Waals surface area contributed by atoms with E-state index in [-0.39, 0.29) is 0 Å². The van der Waals surface area contributed by atoms with Crippen LogP contribution in [0.15, 0.2) is 48.5 Å². The maximum Gasteiger partial charge on any atom is 0.121 e. The van der Waals surface area contributed by atoms with Gasteiger partial charge in [0.15, 0.2) is 0 Å². The van der Waals surface area contributed by atoms with Crippen LogP contribution >= 0.6 is 0 Å². The van der Waals surface area contributed by atoms with Gasteiger partial charge in [-0.05, 0) is 18.2 Å². The zero-order valence-electron chi connectivity index (χ0n) is 7.96. The largest absolute Gasteiger partial charge is 0.213 e. The van der Waals surface area contributed by atoms with Crippen LogP contribution in [-0.2, 0) is 0 Å². The molecule has 1 aromatic heterocycles. The Morgan fingerprint density at radius 2 is 1.87 bits per heavy atom. The number of nitrogens with zero attached hydrogens (tertiary/aromatic N) is 3. The van der Waals surface area contributed by atoms with E-state index in [2.05, 4.69) is 16.4 Å². The average Bonchev–Trinajstić information content (AvgIpc) is 2.74. The second kappa shape index (κ2) is 3.20. The lowest BCUT2D eigenvalue weighted by Gasteiger charge is -2.00. The number of para-hydroxylation sites is 1. The number of rotatable bonds is 1. The molecule has 3 nitrogen and oxygen atoms in total. The zero-order chi connectivity index (χ0) is 10.1. The lowest BCUT2D eigenvalue weighted by atomic mass is 10.3. The SMILES string of the molecule is [c]1cccc2c1nnn2-c1ccccc1. The van der Waals surface area contributed by atoms with Crippen molar-refractivity contribution in [3.8, 4) is 5.69 Å². The van der Waals surface area contributed by atoms with E-state index in [4.69, 9.17) is 0 Å². The summed E-state index contributed by atoms with van der Waals surface area (Å²) in [6.45, 7) is 0. The molecule has 0 spiro atoms. The number of hydrogen-bond donors (Lipinski definition) is 0. The summed E-state index contributed by atoms with van der Waals surface area (Å²) in [6, 6.07) is 18.8. The molecule has 0 aliphatic carbocycles. The van der Waals surface area contributed by atoms with Crippen molar-refractivity contribution in [3.05, 3.63) is 54.6 Å². The molecule has 3 heteroatoms. The molecule has 71 valence electrons. The molecular formula is C12H8N3. The fraction of sp³-hybridized carbons (Fsp3) is 0. The average molecular weight is 194 g/mol. The molecule has 0 aliphatic heterocycles. The van der Waals surface area contributed by atoms with Gasteiger partial charge in [-0.1, -0.05) is 35.5 Å². The van der Waals surface area contributed by atoms with Gasteiger partial charge < -0.3 is 0 Å². The Hall–Kier alpha value is -2.16. The van der Waals surface area contributed by atoms with Crippen LogP contribution in [0.1, 0.15) is 0 Å². The highest BCUT2D eigenvalue weighted by molar-refractivity contribution is 5.75. The maximum absolute atomic E-state index is 4.10. The maximum atomic E-state index is 4.10. The van der Waals surface area contributed by atoms with Gasteiger partial charge in [0.05, 0.1) is 11.2 Å². The summed E-state index contributed by atoms with van der Waals surface area (Å²) in [5.41, 5.74) is 2.78. The first-order valence-corrected chi connectivity index (χ1v) is 4.73.